The lowest BCUT2D eigenvalue weighted by Crippen LogP contribution is -2.13. The number of ether oxygens (including phenoxy) is 1. The summed E-state index contributed by atoms with van der Waals surface area (Å²) in [6.07, 6.45) is 2.38. The van der Waals surface area contributed by atoms with Crippen molar-refractivity contribution in [2.45, 2.75) is 27.2 Å². The summed E-state index contributed by atoms with van der Waals surface area (Å²) in [4.78, 5) is 11.3. The average molecular weight is 196 g/mol. The molecule has 1 heterocycles. The van der Waals surface area contributed by atoms with E-state index in [4.69, 9.17) is 4.74 Å². The number of nitrogens with one attached hydrogen (secondary N) is 1. The van der Waals surface area contributed by atoms with E-state index in [-0.39, 0.29) is 11.4 Å². The van der Waals surface area contributed by atoms with Crippen LogP contribution in [0.15, 0.2) is 12.3 Å². The van der Waals surface area contributed by atoms with E-state index >= 15 is 0 Å². The standard InChI is InChI=1S/C10H16N2O2/c1-10(2,3)5-7-14-9(13)8-4-6-11-12-8/h4,6H,5,7H2,1-3H3,(H,11,12). The zero-order valence-electron chi connectivity index (χ0n) is 8.83. The highest BCUT2D eigenvalue weighted by Crippen LogP contribution is 2.18. The predicted molar refractivity (Wildman–Crippen MR) is 52.9 cm³/mol. The maximum absolute atomic E-state index is 11.3. The number of carbonyl (C=O) groups is 1. The summed E-state index contributed by atoms with van der Waals surface area (Å²) >= 11 is 0. The number of esters is 1. The summed E-state index contributed by atoms with van der Waals surface area (Å²) in [5.41, 5.74) is 0.591. The fourth-order valence-corrected chi connectivity index (χ4v) is 0.897. The molecule has 4 heteroatoms. The topological polar surface area (TPSA) is 55.0 Å². The van der Waals surface area contributed by atoms with E-state index in [0.29, 0.717) is 12.3 Å². The molecular weight excluding hydrogens is 180 g/mol. The molecule has 0 aliphatic rings. The fourth-order valence-electron chi connectivity index (χ4n) is 0.897. The van der Waals surface area contributed by atoms with Gasteiger partial charge in [0.1, 0.15) is 5.69 Å². The molecule has 0 aromatic carbocycles. The van der Waals surface area contributed by atoms with Crippen LogP contribution in [0.1, 0.15) is 37.7 Å². The molecule has 0 bridgehead atoms. The van der Waals surface area contributed by atoms with E-state index in [0.717, 1.165) is 6.42 Å². The third-order valence-electron chi connectivity index (χ3n) is 1.81. The van der Waals surface area contributed by atoms with Crippen LogP contribution in [0.4, 0.5) is 0 Å². The van der Waals surface area contributed by atoms with Gasteiger partial charge in [-0.25, -0.2) is 4.79 Å². The van der Waals surface area contributed by atoms with Crippen molar-refractivity contribution < 1.29 is 9.53 Å². The predicted octanol–water partition coefficient (Wildman–Crippen LogP) is 2.00. The van der Waals surface area contributed by atoms with Crippen LogP contribution in [-0.2, 0) is 4.74 Å². The zero-order chi connectivity index (χ0) is 10.6. The molecule has 0 spiro atoms. The highest BCUT2D eigenvalue weighted by molar-refractivity contribution is 5.86. The van der Waals surface area contributed by atoms with Crippen LogP contribution in [0.25, 0.3) is 0 Å². The lowest BCUT2D eigenvalue weighted by atomic mass is 9.93. The number of rotatable bonds is 3. The van der Waals surface area contributed by atoms with E-state index in [1.165, 1.54) is 6.20 Å². The molecule has 1 rings (SSSR count). The van der Waals surface area contributed by atoms with E-state index in [2.05, 4.69) is 31.0 Å². The molecule has 1 aromatic rings. The Morgan fingerprint density at radius 1 is 1.57 bits per heavy atom. The Hall–Kier alpha value is -1.32. The van der Waals surface area contributed by atoms with Crippen LogP contribution in [0.3, 0.4) is 0 Å². The van der Waals surface area contributed by atoms with Crippen LogP contribution >= 0.6 is 0 Å². The molecule has 78 valence electrons. The van der Waals surface area contributed by atoms with Gasteiger partial charge >= 0.3 is 5.97 Å². The Balaban J connectivity index is 2.30. The summed E-state index contributed by atoms with van der Waals surface area (Å²) < 4.78 is 5.05. The van der Waals surface area contributed by atoms with Crippen molar-refractivity contribution in [3.63, 3.8) is 0 Å². The van der Waals surface area contributed by atoms with Gasteiger partial charge in [0.05, 0.1) is 6.61 Å². The summed E-state index contributed by atoms with van der Waals surface area (Å²) in [5.74, 6) is -0.341. The Bertz CT molecular complexity index is 286. The molecule has 1 aromatic heterocycles. The van der Waals surface area contributed by atoms with Crippen molar-refractivity contribution in [2.24, 2.45) is 5.41 Å². The molecule has 14 heavy (non-hydrogen) atoms. The van der Waals surface area contributed by atoms with E-state index in [1.54, 1.807) is 6.07 Å². The molecule has 0 aliphatic heterocycles. The number of aromatic nitrogens is 2. The van der Waals surface area contributed by atoms with Crippen LogP contribution < -0.4 is 0 Å². The van der Waals surface area contributed by atoms with Gasteiger partial charge in [-0.2, -0.15) is 5.10 Å². The molecule has 0 saturated heterocycles. The molecular formula is C10H16N2O2. The molecule has 0 unspecified atom stereocenters. The molecule has 0 aliphatic carbocycles. The van der Waals surface area contributed by atoms with Gasteiger partial charge in [0.15, 0.2) is 0 Å². The Kier molecular flexibility index (Phi) is 3.28. The van der Waals surface area contributed by atoms with Crippen molar-refractivity contribution >= 4 is 5.97 Å². The number of H-pyrrole nitrogens is 1. The molecule has 0 fully saturated rings. The minimum atomic E-state index is -0.341. The second-order valence-corrected chi connectivity index (χ2v) is 4.42. The van der Waals surface area contributed by atoms with E-state index in [1.807, 2.05) is 0 Å². The second-order valence-electron chi connectivity index (χ2n) is 4.42. The van der Waals surface area contributed by atoms with Crippen LogP contribution in [-0.4, -0.2) is 22.8 Å². The molecule has 4 nitrogen and oxygen atoms in total. The van der Waals surface area contributed by atoms with Gasteiger partial charge in [-0.3, -0.25) is 5.10 Å². The summed E-state index contributed by atoms with van der Waals surface area (Å²) in [7, 11) is 0. The lowest BCUT2D eigenvalue weighted by molar-refractivity contribution is 0.0458. The molecule has 0 amide bonds. The highest BCUT2D eigenvalue weighted by atomic mass is 16.5. The normalized spacial score (nSPS) is 11.4. The van der Waals surface area contributed by atoms with Crippen LogP contribution in [0.5, 0.6) is 0 Å². The van der Waals surface area contributed by atoms with Gasteiger partial charge in [-0.1, -0.05) is 20.8 Å². The monoisotopic (exact) mass is 196 g/mol. The third kappa shape index (κ3) is 3.60. The van der Waals surface area contributed by atoms with Crippen LogP contribution in [0, 0.1) is 5.41 Å². The van der Waals surface area contributed by atoms with Gasteiger partial charge in [0.2, 0.25) is 0 Å². The summed E-state index contributed by atoms with van der Waals surface area (Å²) in [6, 6.07) is 1.60. The van der Waals surface area contributed by atoms with Gasteiger partial charge in [0.25, 0.3) is 0 Å². The molecule has 1 N–H and O–H groups in total. The molecule has 0 atom stereocenters. The number of carbonyl (C=O) groups excluding carboxylic acids is 1. The first kappa shape index (κ1) is 10.8. The molecule has 0 saturated carbocycles. The van der Waals surface area contributed by atoms with Crippen molar-refractivity contribution in [3.05, 3.63) is 18.0 Å². The van der Waals surface area contributed by atoms with Crippen molar-refractivity contribution in [3.8, 4) is 0 Å². The van der Waals surface area contributed by atoms with E-state index < -0.39 is 0 Å². The summed E-state index contributed by atoms with van der Waals surface area (Å²) in [5, 5.41) is 6.23. The average Bonchev–Trinajstić information content (AvgIpc) is 2.53. The second kappa shape index (κ2) is 4.26. The number of hydrogen-bond acceptors (Lipinski definition) is 3. The van der Waals surface area contributed by atoms with E-state index in [9.17, 15) is 4.79 Å². The minimum absolute atomic E-state index is 0.189. The quantitative estimate of drug-likeness (QED) is 0.752. The van der Waals surface area contributed by atoms with Gasteiger partial charge in [0, 0.05) is 6.20 Å². The Morgan fingerprint density at radius 2 is 2.29 bits per heavy atom. The van der Waals surface area contributed by atoms with Crippen molar-refractivity contribution in [2.75, 3.05) is 6.61 Å². The molecule has 0 radical (unpaired) electrons. The third-order valence-corrected chi connectivity index (χ3v) is 1.81. The van der Waals surface area contributed by atoms with Crippen molar-refractivity contribution in [1.29, 1.82) is 0 Å². The number of hydrogen-bond donors (Lipinski definition) is 1. The van der Waals surface area contributed by atoms with Crippen molar-refractivity contribution in [1.82, 2.24) is 10.2 Å². The maximum Gasteiger partial charge on any atom is 0.356 e. The maximum atomic E-state index is 11.3. The van der Waals surface area contributed by atoms with Crippen LogP contribution in [0.2, 0.25) is 0 Å². The minimum Gasteiger partial charge on any atom is -0.461 e. The van der Waals surface area contributed by atoms with Gasteiger partial charge in [-0.05, 0) is 17.9 Å². The van der Waals surface area contributed by atoms with Gasteiger partial charge in [-0.15, -0.1) is 0 Å². The number of nitrogens with zero attached hydrogens (tertiary/aromatic N) is 1. The Labute approximate surface area is 83.7 Å². The smallest absolute Gasteiger partial charge is 0.356 e. The van der Waals surface area contributed by atoms with Gasteiger partial charge < -0.3 is 4.74 Å². The zero-order valence-corrected chi connectivity index (χ0v) is 8.83. The highest BCUT2D eigenvalue weighted by Gasteiger charge is 2.13. The number of aromatic amines is 1. The lowest BCUT2D eigenvalue weighted by Gasteiger charge is -2.17. The largest absolute Gasteiger partial charge is 0.461 e. The Morgan fingerprint density at radius 3 is 2.79 bits per heavy atom. The fraction of sp³-hybridized carbons (Fsp3) is 0.600. The summed E-state index contributed by atoms with van der Waals surface area (Å²) in [6.45, 7) is 6.77. The first-order valence-corrected chi connectivity index (χ1v) is 4.65. The SMILES string of the molecule is CC(C)(C)CCOC(=O)c1ccn[nH]1. The first-order chi connectivity index (χ1) is 6.49. The first-order valence-electron chi connectivity index (χ1n) is 4.65.